The molecule has 0 radical (unpaired) electrons. The summed E-state index contributed by atoms with van der Waals surface area (Å²) in [5.74, 6) is 5.13. The van der Waals surface area contributed by atoms with Gasteiger partial charge in [-0.15, -0.1) is 0 Å². The van der Waals surface area contributed by atoms with Crippen LogP contribution in [0.5, 0.6) is 0 Å². The Bertz CT molecular complexity index is 1210. The summed E-state index contributed by atoms with van der Waals surface area (Å²) in [4.78, 5) is 27.2. The van der Waals surface area contributed by atoms with Crippen molar-refractivity contribution < 1.29 is 9.59 Å². The van der Waals surface area contributed by atoms with Gasteiger partial charge in [-0.3, -0.25) is 9.59 Å². The van der Waals surface area contributed by atoms with Crippen molar-refractivity contribution in [3.8, 4) is 11.1 Å². The highest BCUT2D eigenvalue weighted by molar-refractivity contribution is 5.97. The summed E-state index contributed by atoms with van der Waals surface area (Å²) >= 11 is 0. The van der Waals surface area contributed by atoms with E-state index >= 15 is 0 Å². The van der Waals surface area contributed by atoms with Crippen molar-refractivity contribution in [2.45, 2.75) is 90.9 Å². The zero-order valence-electron chi connectivity index (χ0n) is 24.2. The Hall–Kier alpha value is -2.62. The molecule has 4 nitrogen and oxygen atoms in total. The third kappa shape index (κ3) is 4.07. The van der Waals surface area contributed by atoms with Gasteiger partial charge in [-0.05, 0) is 173 Å². The minimum absolute atomic E-state index is 0.132. The lowest BCUT2D eigenvalue weighted by Gasteiger charge is -2.55. The van der Waals surface area contributed by atoms with Crippen molar-refractivity contribution in [2.75, 3.05) is 10.6 Å². The van der Waals surface area contributed by atoms with Crippen molar-refractivity contribution in [3.05, 3.63) is 47.5 Å². The highest BCUT2D eigenvalue weighted by Gasteiger charge is 2.55. The number of hydrogen-bond donors (Lipinski definition) is 2. The average Bonchev–Trinajstić information content (AvgIpc) is 2.89. The van der Waals surface area contributed by atoms with Gasteiger partial charge in [0.15, 0.2) is 0 Å². The molecule has 0 heterocycles. The van der Waals surface area contributed by atoms with Crippen LogP contribution in [0.1, 0.15) is 88.2 Å². The van der Waals surface area contributed by atoms with Crippen molar-refractivity contribution in [2.24, 2.45) is 46.3 Å². The fourth-order valence-corrected chi connectivity index (χ4v) is 11.3. The van der Waals surface area contributed by atoms with Crippen LogP contribution in [0, 0.1) is 60.2 Å². The lowest BCUT2D eigenvalue weighted by molar-refractivity contribution is -0.141. The van der Waals surface area contributed by atoms with Crippen molar-refractivity contribution in [1.82, 2.24) is 0 Å². The van der Waals surface area contributed by atoms with Gasteiger partial charge in [-0.2, -0.15) is 0 Å². The van der Waals surface area contributed by atoms with Gasteiger partial charge in [0, 0.05) is 11.4 Å². The number of benzene rings is 2. The number of carbonyl (C=O) groups is 2. The van der Waals surface area contributed by atoms with E-state index in [4.69, 9.17) is 0 Å². The Morgan fingerprint density at radius 2 is 0.850 bits per heavy atom. The molecule has 8 saturated carbocycles. The SMILES string of the molecule is Cc1cc(-c2ccc(NC(=O)C34CC5CC(CC(C5)C3)C4)c(C)c2)ccc1NC(=O)C12CC3CC(CC(C3)C1)C2. The van der Waals surface area contributed by atoms with Crippen LogP contribution in [0.15, 0.2) is 36.4 Å². The van der Waals surface area contributed by atoms with E-state index in [9.17, 15) is 9.59 Å². The second kappa shape index (κ2) is 8.94. The maximum atomic E-state index is 13.6. The van der Waals surface area contributed by atoms with E-state index in [-0.39, 0.29) is 22.6 Å². The topological polar surface area (TPSA) is 58.2 Å². The Balaban J connectivity index is 0.966. The molecule has 0 atom stereocenters. The summed E-state index contributed by atoms with van der Waals surface area (Å²) < 4.78 is 0. The lowest BCUT2D eigenvalue weighted by Crippen LogP contribution is -2.51. The van der Waals surface area contributed by atoms with Gasteiger partial charge in [-0.1, -0.05) is 12.1 Å². The molecule has 0 aliphatic heterocycles. The summed E-state index contributed by atoms with van der Waals surface area (Å²) in [5.41, 5.74) is 6.13. The van der Waals surface area contributed by atoms with E-state index in [1.807, 2.05) is 0 Å². The van der Waals surface area contributed by atoms with Gasteiger partial charge in [0.25, 0.3) is 0 Å². The molecule has 8 fully saturated rings. The Labute approximate surface area is 239 Å². The Morgan fingerprint density at radius 3 is 1.12 bits per heavy atom. The van der Waals surface area contributed by atoms with Crippen LogP contribution in [0.3, 0.4) is 0 Å². The summed E-state index contributed by atoms with van der Waals surface area (Å²) in [6.07, 6.45) is 14.7. The number of anilines is 2. The first-order chi connectivity index (χ1) is 19.3. The minimum Gasteiger partial charge on any atom is -0.325 e. The first-order valence-corrected chi connectivity index (χ1v) is 16.1. The van der Waals surface area contributed by atoms with Crippen molar-refractivity contribution >= 4 is 23.2 Å². The molecule has 40 heavy (non-hydrogen) atoms. The van der Waals surface area contributed by atoms with Gasteiger partial charge < -0.3 is 10.6 Å². The quantitative estimate of drug-likeness (QED) is 0.404. The number of carbonyl (C=O) groups excluding carboxylic acids is 2. The molecule has 2 amide bonds. The minimum atomic E-state index is -0.132. The predicted molar refractivity (Wildman–Crippen MR) is 160 cm³/mol. The monoisotopic (exact) mass is 536 g/mol. The van der Waals surface area contributed by atoms with Gasteiger partial charge in [0.05, 0.1) is 10.8 Å². The largest absolute Gasteiger partial charge is 0.325 e. The fourth-order valence-electron chi connectivity index (χ4n) is 11.3. The molecule has 2 aromatic rings. The van der Waals surface area contributed by atoms with E-state index in [0.29, 0.717) is 0 Å². The first-order valence-electron chi connectivity index (χ1n) is 16.1. The summed E-state index contributed by atoms with van der Waals surface area (Å²) in [6.45, 7) is 4.21. The van der Waals surface area contributed by atoms with Crippen LogP contribution in [0.25, 0.3) is 11.1 Å². The molecule has 8 aliphatic carbocycles. The van der Waals surface area contributed by atoms with Crippen LogP contribution in [-0.4, -0.2) is 11.8 Å². The van der Waals surface area contributed by atoms with Crippen molar-refractivity contribution in [3.63, 3.8) is 0 Å². The van der Waals surface area contributed by atoms with E-state index in [1.165, 1.54) is 38.5 Å². The first kappa shape index (κ1) is 25.1. The van der Waals surface area contributed by atoms with Crippen LogP contribution < -0.4 is 10.6 Å². The van der Waals surface area contributed by atoms with Gasteiger partial charge in [0.2, 0.25) is 11.8 Å². The smallest absolute Gasteiger partial charge is 0.230 e. The van der Waals surface area contributed by atoms with Crippen LogP contribution in [0.2, 0.25) is 0 Å². The number of amides is 2. The average molecular weight is 537 g/mol. The number of rotatable bonds is 5. The summed E-state index contributed by atoms with van der Waals surface area (Å²) in [7, 11) is 0. The fraction of sp³-hybridized carbons (Fsp3) is 0.611. The van der Waals surface area contributed by atoms with Crippen LogP contribution in [0.4, 0.5) is 11.4 Å². The van der Waals surface area contributed by atoms with Crippen LogP contribution in [-0.2, 0) is 9.59 Å². The molecule has 2 N–H and O–H groups in total. The van der Waals surface area contributed by atoms with E-state index in [0.717, 1.165) is 108 Å². The molecule has 10 rings (SSSR count). The van der Waals surface area contributed by atoms with Gasteiger partial charge in [0.1, 0.15) is 0 Å². The molecule has 4 heteroatoms. The molecule has 8 bridgehead atoms. The molecule has 210 valence electrons. The Morgan fingerprint density at radius 1 is 0.550 bits per heavy atom. The maximum Gasteiger partial charge on any atom is 0.230 e. The van der Waals surface area contributed by atoms with E-state index in [2.05, 4.69) is 60.9 Å². The molecule has 0 aromatic heterocycles. The molecule has 0 spiro atoms. The molecule has 2 aromatic carbocycles. The standard InChI is InChI=1S/C36H44N2O2/c1-21-7-29(3-5-31(21)37-33(39)35-15-23-9-24(16-35)11-25(10-23)17-35)30-4-6-32(22(2)8-30)38-34(40)36-18-26-12-27(19-36)14-28(13-26)20-36/h3-8,23-28H,9-20H2,1-2H3,(H,37,39)(H,38,40). The zero-order valence-corrected chi connectivity index (χ0v) is 24.2. The molecule has 0 saturated heterocycles. The van der Waals surface area contributed by atoms with Crippen molar-refractivity contribution in [1.29, 1.82) is 0 Å². The van der Waals surface area contributed by atoms with Gasteiger partial charge >= 0.3 is 0 Å². The third-order valence-corrected chi connectivity index (χ3v) is 12.3. The number of hydrogen-bond acceptors (Lipinski definition) is 2. The highest BCUT2D eigenvalue weighted by Crippen LogP contribution is 2.61. The van der Waals surface area contributed by atoms with E-state index < -0.39 is 0 Å². The van der Waals surface area contributed by atoms with Gasteiger partial charge in [-0.25, -0.2) is 0 Å². The summed E-state index contributed by atoms with van der Waals surface area (Å²) in [5, 5.41) is 6.71. The normalized spacial score (nSPS) is 38.5. The lowest BCUT2D eigenvalue weighted by atomic mass is 9.49. The predicted octanol–water partition coefficient (Wildman–Crippen LogP) is 8.28. The number of nitrogens with one attached hydrogen (secondary N) is 2. The Kier molecular flexibility index (Phi) is 5.61. The zero-order chi connectivity index (χ0) is 27.2. The number of aryl methyl sites for hydroxylation is 2. The molecular weight excluding hydrogens is 492 g/mol. The highest BCUT2D eigenvalue weighted by atomic mass is 16.2. The van der Waals surface area contributed by atoms with E-state index in [1.54, 1.807) is 0 Å². The second-order valence-corrected chi connectivity index (χ2v) is 15.4. The van der Waals surface area contributed by atoms with Crippen LogP contribution >= 0.6 is 0 Å². The molecular formula is C36H44N2O2. The second-order valence-electron chi connectivity index (χ2n) is 15.4. The summed E-state index contributed by atoms with van der Waals surface area (Å²) in [6, 6.07) is 12.8. The third-order valence-electron chi connectivity index (χ3n) is 12.3. The molecule has 0 unspecified atom stereocenters. The maximum absolute atomic E-state index is 13.6. The molecule has 8 aliphatic rings.